The first-order chi connectivity index (χ1) is 9.28. The first kappa shape index (κ1) is 13.6. The molecule has 1 aromatic carbocycles. The van der Waals surface area contributed by atoms with Gasteiger partial charge in [0.05, 0.1) is 7.11 Å². The molecular weight excluding hydrogens is 240 g/mol. The molecule has 0 saturated carbocycles. The molecule has 0 spiro atoms. The highest BCUT2D eigenvalue weighted by atomic mass is 16.5. The van der Waals surface area contributed by atoms with Gasteiger partial charge in [0.1, 0.15) is 5.75 Å². The fraction of sp³-hybridized carbons (Fsp3) is 0.400. The van der Waals surface area contributed by atoms with E-state index in [4.69, 9.17) is 4.74 Å². The zero-order valence-electron chi connectivity index (χ0n) is 11.2. The number of hydrogen-bond acceptors (Lipinski definition) is 3. The fourth-order valence-corrected chi connectivity index (χ4v) is 2.10. The average Bonchev–Trinajstić information content (AvgIpc) is 2.96. The summed E-state index contributed by atoms with van der Waals surface area (Å²) in [5.41, 5.74) is 0.981. The molecule has 2 N–H and O–H groups in total. The van der Waals surface area contributed by atoms with Crippen molar-refractivity contribution in [2.24, 2.45) is 0 Å². The van der Waals surface area contributed by atoms with E-state index in [1.165, 1.54) is 6.42 Å². The van der Waals surface area contributed by atoms with Gasteiger partial charge in [-0.3, -0.25) is 4.79 Å². The molecule has 102 valence electrons. The monoisotopic (exact) mass is 260 g/mol. The van der Waals surface area contributed by atoms with Crippen molar-refractivity contribution in [3.63, 3.8) is 0 Å². The van der Waals surface area contributed by atoms with Gasteiger partial charge in [0, 0.05) is 18.7 Å². The molecule has 1 fully saturated rings. The maximum Gasteiger partial charge on any atom is 0.244 e. The van der Waals surface area contributed by atoms with Gasteiger partial charge in [-0.05, 0) is 43.2 Å². The molecule has 0 aliphatic carbocycles. The number of ether oxygens (including phenoxy) is 1. The summed E-state index contributed by atoms with van der Waals surface area (Å²) in [6.07, 6.45) is 5.71. The quantitative estimate of drug-likeness (QED) is 0.790. The van der Waals surface area contributed by atoms with Gasteiger partial charge in [-0.25, -0.2) is 0 Å². The van der Waals surface area contributed by atoms with E-state index in [0.29, 0.717) is 12.6 Å². The van der Waals surface area contributed by atoms with Crippen LogP contribution in [0.15, 0.2) is 30.3 Å². The van der Waals surface area contributed by atoms with Crippen LogP contribution in [0.3, 0.4) is 0 Å². The lowest BCUT2D eigenvalue weighted by Crippen LogP contribution is -2.36. The Hall–Kier alpha value is -1.81. The minimum absolute atomic E-state index is 0.0514. The number of carbonyl (C=O) groups is 1. The molecule has 1 aromatic rings. The molecule has 1 atom stereocenters. The molecule has 19 heavy (non-hydrogen) atoms. The van der Waals surface area contributed by atoms with Gasteiger partial charge in [-0.1, -0.05) is 12.1 Å². The topological polar surface area (TPSA) is 50.4 Å². The van der Waals surface area contributed by atoms with Crippen molar-refractivity contribution >= 4 is 12.0 Å². The van der Waals surface area contributed by atoms with Gasteiger partial charge < -0.3 is 15.4 Å². The lowest BCUT2D eigenvalue weighted by molar-refractivity contribution is -0.116. The van der Waals surface area contributed by atoms with Crippen molar-refractivity contribution in [1.82, 2.24) is 10.6 Å². The van der Waals surface area contributed by atoms with E-state index < -0.39 is 0 Å². The molecular formula is C15H20N2O2. The second kappa shape index (κ2) is 6.95. The normalized spacial score (nSPS) is 18.7. The van der Waals surface area contributed by atoms with Crippen molar-refractivity contribution in [2.45, 2.75) is 18.9 Å². The average molecular weight is 260 g/mol. The Kier molecular flexibility index (Phi) is 4.98. The third-order valence-corrected chi connectivity index (χ3v) is 3.23. The number of methoxy groups -OCH3 is 1. The van der Waals surface area contributed by atoms with Crippen molar-refractivity contribution in [3.8, 4) is 5.75 Å². The van der Waals surface area contributed by atoms with E-state index in [2.05, 4.69) is 10.6 Å². The van der Waals surface area contributed by atoms with Crippen LogP contribution in [0.2, 0.25) is 0 Å². The van der Waals surface area contributed by atoms with Crippen LogP contribution < -0.4 is 15.4 Å². The van der Waals surface area contributed by atoms with E-state index in [-0.39, 0.29) is 5.91 Å². The maximum atomic E-state index is 11.6. The van der Waals surface area contributed by atoms with Gasteiger partial charge in [-0.15, -0.1) is 0 Å². The number of amides is 1. The van der Waals surface area contributed by atoms with E-state index >= 15 is 0 Å². The summed E-state index contributed by atoms with van der Waals surface area (Å²) in [5, 5.41) is 6.25. The first-order valence-electron chi connectivity index (χ1n) is 6.61. The largest absolute Gasteiger partial charge is 0.497 e. The first-order valence-corrected chi connectivity index (χ1v) is 6.61. The summed E-state index contributed by atoms with van der Waals surface area (Å²) in [7, 11) is 1.63. The summed E-state index contributed by atoms with van der Waals surface area (Å²) in [4.78, 5) is 11.6. The molecule has 1 saturated heterocycles. The molecule has 1 aliphatic heterocycles. The van der Waals surface area contributed by atoms with Crippen molar-refractivity contribution < 1.29 is 9.53 Å². The molecule has 1 amide bonds. The molecule has 4 heteroatoms. The number of carbonyl (C=O) groups excluding carboxylic acids is 1. The Morgan fingerprint density at radius 2 is 2.26 bits per heavy atom. The summed E-state index contributed by atoms with van der Waals surface area (Å²) in [6.45, 7) is 1.76. The highest BCUT2D eigenvalue weighted by Crippen LogP contribution is 2.12. The summed E-state index contributed by atoms with van der Waals surface area (Å²) in [6, 6.07) is 8.01. The number of rotatable bonds is 5. The van der Waals surface area contributed by atoms with Crippen LogP contribution >= 0.6 is 0 Å². The Labute approximate surface area is 113 Å². The van der Waals surface area contributed by atoms with Crippen molar-refractivity contribution in [2.75, 3.05) is 20.2 Å². The third kappa shape index (κ3) is 4.41. The van der Waals surface area contributed by atoms with Gasteiger partial charge in [0.15, 0.2) is 0 Å². The molecule has 1 unspecified atom stereocenters. The molecule has 0 bridgehead atoms. The minimum atomic E-state index is -0.0514. The number of benzene rings is 1. The zero-order valence-corrected chi connectivity index (χ0v) is 11.2. The molecule has 4 nitrogen and oxygen atoms in total. The Bertz CT molecular complexity index is 434. The van der Waals surface area contributed by atoms with Crippen LogP contribution in [-0.4, -0.2) is 32.1 Å². The number of nitrogens with one attached hydrogen (secondary N) is 2. The molecule has 0 radical (unpaired) electrons. The second-order valence-corrected chi connectivity index (χ2v) is 4.64. The predicted molar refractivity (Wildman–Crippen MR) is 76.1 cm³/mol. The maximum absolute atomic E-state index is 11.6. The summed E-state index contributed by atoms with van der Waals surface area (Å²) < 4.78 is 5.08. The van der Waals surface area contributed by atoms with E-state index in [1.807, 2.05) is 24.3 Å². The van der Waals surface area contributed by atoms with Crippen LogP contribution in [-0.2, 0) is 4.79 Å². The Morgan fingerprint density at radius 3 is 2.89 bits per heavy atom. The molecule has 2 rings (SSSR count). The van der Waals surface area contributed by atoms with Crippen LogP contribution in [0.4, 0.5) is 0 Å². The molecule has 0 aromatic heterocycles. The van der Waals surface area contributed by atoms with Crippen molar-refractivity contribution in [3.05, 3.63) is 35.9 Å². The highest BCUT2D eigenvalue weighted by molar-refractivity contribution is 5.91. The third-order valence-electron chi connectivity index (χ3n) is 3.23. The fourth-order valence-electron chi connectivity index (χ4n) is 2.10. The minimum Gasteiger partial charge on any atom is -0.497 e. The summed E-state index contributed by atoms with van der Waals surface area (Å²) in [5.74, 6) is 0.762. The summed E-state index contributed by atoms with van der Waals surface area (Å²) >= 11 is 0. The highest BCUT2D eigenvalue weighted by Gasteiger charge is 2.13. The number of hydrogen-bond donors (Lipinski definition) is 2. The SMILES string of the molecule is COc1ccc(/C=C/C(=O)NCC2CCCN2)cc1. The zero-order chi connectivity index (χ0) is 13.5. The second-order valence-electron chi connectivity index (χ2n) is 4.64. The van der Waals surface area contributed by atoms with Crippen LogP contribution in [0.25, 0.3) is 6.08 Å². The molecule has 1 heterocycles. The standard InChI is InChI=1S/C15H20N2O2/c1-19-14-7-4-12(5-8-14)6-9-15(18)17-11-13-3-2-10-16-13/h4-9,13,16H,2-3,10-11H2,1H3,(H,17,18)/b9-6+. The van der Waals surface area contributed by atoms with Crippen LogP contribution in [0, 0.1) is 0 Å². The van der Waals surface area contributed by atoms with E-state index in [0.717, 1.165) is 24.3 Å². The Morgan fingerprint density at radius 1 is 1.47 bits per heavy atom. The lowest BCUT2D eigenvalue weighted by Gasteiger charge is -2.09. The molecule has 1 aliphatic rings. The van der Waals surface area contributed by atoms with Crippen LogP contribution in [0.5, 0.6) is 5.75 Å². The van der Waals surface area contributed by atoms with Gasteiger partial charge in [0.25, 0.3) is 0 Å². The van der Waals surface area contributed by atoms with Crippen LogP contribution in [0.1, 0.15) is 18.4 Å². The van der Waals surface area contributed by atoms with Crippen molar-refractivity contribution in [1.29, 1.82) is 0 Å². The van der Waals surface area contributed by atoms with Gasteiger partial charge in [0.2, 0.25) is 5.91 Å². The Balaban J connectivity index is 1.78. The van der Waals surface area contributed by atoms with Gasteiger partial charge >= 0.3 is 0 Å². The van der Waals surface area contributed by atoms with Gasteiger partial charge in [-0.2, -0.15) is 0 Å². The van der Waals surface area contributed by atoms with E-state index in [9.17, 15) is 4.79 Å². The predicted octanol–water partition coefficient (Wildman–Crippen LogP) is 1.58. The lowest BCUT2D eigenvalue weighted by atomic mass is 10.2. The van der Waals surface area contributed by atoms with E-state index in [1.54, 1.807) is 19.3 Å². The smallest absolute Gasteiger partial charge is 0.244 e.